The Hall–Kier alpha value is -2.38. The van der Waals surface area contributed by atoms with Crippen molar-refractivity contribution in [2.24, 2.45) is 0 Å². The highest BCUT2D eigenvalue weighted by Crippen LogP contribution is 2.44. The lowest BCUT2D eigenvalue weighted by atomic mass is 9.77. The Morgan fingerprint density at radius 2 is 1.77 bits per heavy atom. The highest BCUT2D eigenvalue weighted by molar-refractivity contribution is 5.89. The van der Waals surface area contributed by atoms with E-state index in [0.717, 1.165) is 37.0 Å². The van der Waals surface area contributed by atoms with Crippen molar-refractivity contribution >= 4 is 5.91 Å². The smallest absolute Gasteiger partial charge is 0.233 e. The molecule has 1 saturated carbocycles. The summed E-state index contributed by atoms with van der Waals surface area (Å²) in [7, 11) is 1.66. The highest BCUT2D eigenvalue weighted by atomic mass is 16.6. The van der Waals surface area contributed by atoms with Gasteiger partial charge in [-0.25, -0.2) is 0 Å². The number of carbonyl (C=O) groups excluding carboxylic acids is 1. The number of amides is 1. The molecule has 2 aromatic rings. The number of rotatable bonds is 4. The monoisotopic (exact) mass is 411 g/mol. The second kappa shape index (κ2) is 8.04. The molecule has 3 fully saturated rings. The van der Waals surface area contributed by atoms with Gasteiger partial charge in [-0.3, -0.25) is 9.48 Å². The molecule has 0 spiro atoms. The van der Waals surface area contributed by atoms with Gasteiger partial charge in [0.15, 0.2) is 0 Å². The van der Waals surface area contributed by atoms with Gasteiger partial charge in [0.05, 0.1) is 31.8 Å². The number of carbonyl (C=O) groups is 1. The van der Waals surface area contributed by atoms with Crippen molar-refractivity contribution < 1.29 is 19.0 Å². The van der Waals surface area contributed by atoms with E-state index in [1.54, 1.807) is 13.3 Å². The SMILES string of the molecule is COc1ccc(C2(C(=O)N3C[C@@H]4OCC(n5cccn5)CO[C@H]4C3)CCCC2)cc1. The number of fused-ring (bicyclic) bond motifs is 1. The number of hydrogen-bond acceptors (Lipinski definition) is 5. The molecule has 5 rings (SSSR count). The Bertz CT molecular complexity index is 845. The molecule has 3 aliphatic rings. The zero-order valence-corrected chi connectivity index (χ0v) is 17.4. The molecule has 0 N–H and O–H groups in total. The Balaban J connectivity index is 1.30. The number of aromatic nitrogens is 2. The van der Waals surface area contributed by atoms with Crippen LogP contribution in [0, 0.1) is 0 Å². The predicted molar refractivity (Wildman–Crippen MR) is 110 cm³/mol. The van der Waals surface area contributed by atoms with Crippen LogP contribution < -0.4 is 4.74 Å². The third-order valence-electron chi connectivity index (χ3n) is 6.92. The third-order valence-corrected chi connectivity index (χ3v) is 6.92. The van der Waals surface area contributed by atoms with E-state index < -0.39 is 5.41 Å². The standard InChI is InChI=1S/C23H29N3O4/c1-28-19-7-5-17(6-8-19)23(9-2-3-10-23)22(27)25-13-20-21(14-25)30-16-18(15-29-20)26-12-4-11-24-26/h4-8,11-12,18,20-21H,2-3,9-10,13-16H2,1H3/t20-,21-/m0/s1. The second-order valence-electron chi connectivity index (χ2n) is 8.61. The van der Waals surface area contributed by atoms with Gasteiger partial charge in [-0.2, -0.15) is 5.10 Å². The average Bonchev–Trinajstić information content (AvgIpc) is 3.54. The largest absolute Gasteiger partial charge is 0.497 e. The summed E-state index contributed by atoms with van der Waals surface area (Å²) >= 11 is 0. The summed E-state index contributed by atoms with van der Waals surface area (Å²) in [6.45, 7) is 2.28. The molecule has 1 amide bonds. The fourth-order valence-corrected chi connectivity index (χ4v) is 5.21. The minimum absolute atomic E-state index is 0.0789. The first-order valence-electron chi connectivity index (χ1n) is 10.9. The molecule has 0 radical (unpaired) electrons. The zero-order chi connectivity index (χ0) is 20.6. The molecule has 0 bridgehead atoms. The van der Waals surface area contributed by atoms with Gasteiger partial charge in [-0.15, -0.1) is 0 Å². The van der Waals surface area contributed by atoms with E-state index in [1.807, 2.05) is 34.0 Å². The molecule has 7 heteroatoms. The summed E-state index contributed by atoms with van der Waals surface area (Å²) in [6, 6.07) is 10.0. The lowest BCUT2D eigenvalue weighted by Gasteiger charge is -2.33. The molecule has 2 aliphatic heterocycles. The lowest BCUT2D eigenvalue weighted by molar-refractivity contribution is -0.137. The van der Waals surface area contributed by atoms with E-state index >= 15 is 0 Å². The van der Waals surface area contributed by atoms with E-state index in [4.69, 9.17) is 14.2 Å². The maximum atomic E-state index is 13.8. The molecule has 160 valence electrons. The summed E-state index contributed by atoms with van der Waals surface area (Å²) in [5.41, 5.74) is 0.659. The maximum Gasteiger partial charge on any atom is 0.233 e. The van der Waals surface area contributed by atoms with E-state index in [0.29, 0.717) is 26.3 Å². The van der Waals surface area contributed by atoms with Gasteiger partial charge in [0.1, 0.15) is 18.0 Å². The van der Waals surface area contributed by atoms with Gasteiger partial charge >= 0.3 is 0 Å². The van der Waals surface area contributed by atoms with Crippen LogP contribution in [0.15, 0.2) is 42.7 Å². The molecule has 30 heavy (non-hydrogen) atoms. The summed E-state index contributed by atoms with van der Waals surface area (Å²) in [4.78, 5) is 15.7. The predicted octanol–water partition coefficient (Wildman–Crippen LogP) is 2.57. The molecule has 0 unspecified atom stereocenters. The molecule has 2 atom stereocenters. The molecule has 1 aliphatic carbocycles. The molecule has 3 heterocycles. The van der Waals surface area contributed by atoms with E-state index in [-0.39, 0.29) is 24.2 Å². The van der Waals surface area contributed by atoms with Crippen LogP contribution in [-0.2, 0) is 19.7 Å². The Morgan fingerprint density at radius 3 is 2.33 bits per heavy atom. The summed E-state index contributed by atoms with van der Waals surface area (Å²) in [5.74, 6) is 1.03. The van der Waals surface area contributed by atoms with Crippen LogP contribution in [0.3, 0.4) is 0 Å². The number of ether oxygens (including phenoxy) is 3. The van der Waals surface area contributed by atoms with Crippen molar-refractivity contribution in [1.29, 1.82) is 0 Å². The van der Waals surface area contributed by atoms with Gasteiger partial charge in [-0.1, -0.05) is 25.0 Å². The van der Waals surface area contributed by atoms with Crippen molar-refractivity contribution in [3.63, 3.8) is 0 Å². The van der Waals surface area contributed by atoms with Crippen molar-refractivity contribution in [2.45, 2.75) is 49.3 Å². The van der Waals surface area contributed by atoms with Gasteiger partial charge in [-0.05, 0) is 36.6 Å². The fourth-order valence-electron chi connectivity index (χ4n) is 5.21. The van der Waals surface area contributed by atoms with Crippen LogP contribution in [-0.4, -0.2) is 66.2 Å². The number of hydrogen-bond donors (Lipinski definition) is 0. The molecule has 1 aromatic carbocycles. The van der Waals surface area contributed by atoms with Gasteiger partial charge in [0.25, 0.3) is 0 Å². The van der Waals surface area contributed by atoms with Crippen LogP contribution in [0.1, 0.15) is 37.3 Å². The average molecular weight is 412 g/mol. The number of nitrogens with zero attached hydrogens (tertiary/aromatic N) is 3. The van der Waals surface area contributed by atoms with Gasteiger partial charge < -0.3 is 19.1 Å². The Labute approximate surface area is 176 Å². The van der Waals surface area contributed by atoms with Crippen LogP contribution >= 0.6 is 0 Å². The highest BCUT2D eigenvalue weighted by Gasteiger charge is 2.49. The lowest BCUT2D eigenvalue weighted by Crippen LogP contribution is -2.45. The molecule has 1 aromatic heterocycles. The van der Waals surface area contributed by atoms with Crippen LogP contribution in [0.2, 0.25) is 0 Å². The zero-order valence-electron chi connectivity index (χ0n) is 17.4. The Morgan fingerprint density at radius 1 is 1.10 bits per heavy atom. The van der Waals surface area contributed by atoms with Crippen molar-refractivity contribution in [1.82, 2.24) is 14.7 Å². The van der Waals surface area contributed by atoms with E-state index in [2.05, 4.69) is 17.2 Å². The number of methoxy groups -OCH3 is 1. The van der Waals surface area contributed by atoms with Crippen molar-refractivity contribution in [3.8, 4) is 5.75 Å². The molecule has 2 saturated heterocycles. The van der Waals surface area contributed by atoms with Crippen LogP contribution in [0.4, 0.5) is 0 Å². The molecular formula is C23H29N3O4. The molecular weight excluding hydrogens is 382 g/mol. The summed E-state index contributed by atoms with van der Waals surface area (Å²) in [5, 5.41) is 4.31. The van der Waals surface area contributed by atoms with E-state index in [1.165, 1.54) is 0 Å². The number of likely N-dealkylation sites (tertiary alicyclic amines) is 1. The summed E-state index contributed by atoms with van der Waals surface area (Å²) in [6.07, 6.45) is 7.50. The summed E-state index contributed by atoms with van der Waals surface area (Å²) < 4.78 is 19.5. The minimum atomic E-state index is -0.437. The second-order valence-corrected chi connectivity index (χ2v) is 8.61. The van der Waals surface area contributed by atoms with E-state index in [9.17, 15) is 4.79 Å². The van der Waals surface area contributed by atoms with Gasteiger partial charge in [0.2, 0.25) is 5.91 Å². The van der Waals surface area contributed by atoms with Crippen LogP contribution in [0.25, 0.3) is 0 Å². The van der Waals surface area contributed by atoms with Crippen molar-refractivity contribution in [3.05, 3.63) is 48.3 Å². The first kappa shape index (κ1) is 19.6. The molecule has 7 nitrogen and oxygen atoms in total. The third kappa shape index (κ3) is 3.40. The first-order chi connectivity index (χ1) is 14.7. The Kier molecular flexibility index (Phi) is 5.25. The van der Waals surface area contributed by atoms with Crippen LogP contribution in [0.5, 0.6) is 5.75 Å². The van der Waals surface area contributed by atoms with Gasteiger partial charge in [0, 0.05) is 25.5 Å². The quantitative estimate of drug-likeness (QED) is 0.774. The minimum Gasteiger partial charge on any atom is -0.497 e. The normalized spacial score (nSPS) is 26.4. The van der Waals surface area contributed by atoms with Crippen molar-refractivity contribution in [2.75, 3.05) is 33.4 Å². The maximum absolute atomic E-state index is 13.8. The fraction of sp³-hybridized carbons (Fsp3) is 0.565. The number of benzene rings is 1. The topological polar surface area (TPSA) is 65.8 Å². The first-order valence-corrected chi connectivity index (χ1v) is 10.9.